The first-order valence-electron chi connectivity index (χ1n) is 6.80. The molecule has 0 radical (unpaired) electrons. The van der Waals surface area contributed by atoms with Crippen LogP contribution in [-0.2, 0) is 22.4 Å². The van der Waals surface area contributed by atoms with E-state index in [0.717, 1.165) is 23.6 Å². The number of ether oxygens (including phenoxy) is 1. The van der Waals surface area contributed by atoms with Crippen molar-refractivity contribution in [3.63, 3.8) is 0 Å². The van der Waals surface area contributed by atoms with Crippen molar-refractivity contribution in [1.82, 2.24) is 10.2 Å². The van der Waals surface area contributed by atoms with Crippen LogP contribution in [0.2, 0.25) is 0 Å². The molecule has 5 nitrogen and oxygen atoms in total. The first-order valence-corrected chi connectivity index (χ1v) is 8.61. The summed E-state index contributed by atoms with van der Waals surface area (Å²) in [5.41, 5.74) is 1.41. The molecule has 0 saturated heterocycles. The van der Waals surface area contributed by atoms with Crippen LogP contribution in [-0.4, -0.2) is 29.0 Å². The second-order valence-corrected chi connectivity index (χ2v) is 7.21. The molecule has 7 heteroatoms. The lowest BCUT2D eigenvalue weighted by Crippen LogP contribution is -2.07. The van der Waals surface area contributed by atoms with Gasteiger partial charge < -0.3 is 9.15 Å². The number of nitrogens with zero attached hydrogens (tertiary/aromatic N) is 2. The highest BCUT2D eigenvalue weighted by Gasteiger charge is 2.21. The van der Waals surface area contributed by atoms with Crippen molar-refractivity contribution in [1.29, 1.82) is 0 Å². The zero-order valence-electron chi connectivity index (χ0n) is 11.9. The number of carbonyl (C=O) groups excluding carboxylic acids is 1. The van der Waals surface area contributed by atoms with Crippen molar-refractivity contribution in [2.75, 3.05) is 12.9 Å². The maximum absolute atomic E-state index is 11.1. The molecular formula is C14H16N2O3S2. The molecule has 0 aromatic carbocycles. The summed E-state index contributed by atoms with van der Waals surface area (Å²) < 4.78 is 10.2. The van der Waals surface area contributed by atoms with Crippen LogP contribution in [0.4, 0.5) is 0 Å². The summed E-state index contributed by atoms with van der Waals surface area (Å²) in [5, 5.41) is 8.44. The molecule has 2 aromatic rings. The number of rotatable bonds is 4. The van der Waals surface area contributed by atoms with E-state index < -0.39 is 0 Å². The summed E-state index contributed by atoms with van der Waals surface area (Å²) in [6.45, 7) is 2.29. The highest BCUT2D eigenvalue weighted by Crippen LogP contribution is 2.37. The standard InChI is InChI=1S/C14H16N2O3S2/c1-8-3-4-10-9(5-8)6-11(21-10)13-15-16-14(19-13)20-7-12(17)18-2/h6,8H,3-5,7H2,1-2H3/t8-/m0/s1. The summed E-state index contributed by atoms with van der Waals surface area (Å²) in [6.07, 6.45) is 3.51. The van der Waals surface area contributed by atoms with Crippen molar-refractivity contribution in [3.05, 3.63) is 16.5 Å². The van der Waals surface area contributed by atoms with Gasteiger partial charge in [-0.3, -0.25) is 4.79 Å². The maximum Gasteiger partial charge on any atom is 0.316 e. The van der Waals surface area contributed by atoms with Crippen molar-refractivity contribution in [3.8, 4) is 10.8 Å². The second-order valence-electron chi connectivity index (χ2n) is 5.14. The number of thiophene rings is 1. The number of fused-ring (bicyclic) bond motifs is 1. The molecule has 1 aliphatic carbocycles. The minimum absolute atomic E-state index is 0.177. The van der Waals surface area contributed by atoms with Crippen LogP contribution in [0.3, 0.4) is 0 Å². The fraction of sp³-hybridized carbons (Fsp3) is 0.500. The predicted octanol–water partition coefficient (Wildman–Crippen LogP) is 3.19. The summed E-state index contributed by atoms with van der Waals surface area (Å²) in [7, 11) is 1.36. The SMILES string of the molecule is COC(=O)CSc1nnc(-c2cc3c(s2)CC[C@H](C)C3)o1. The van der Waals surface area contributed by atoms with Gasteiger partial charge in [0.1, 0.15) is 5.75 Å². The third-order valence-electron chi connectivity index (χ3n) is 3.49. The van der Waals surface area contributed by atoms with Gasteiger partial charge in [0.15, 0.2) is 0 Å². The van der Waals surface area contributed by atoms with Gasteiger partial charge in [-0.2, -0.15) is 0 Å². The number of aryl methyl sites for hydroxylation is 1. The topological polar surface area (TPSA) is 65.2 Å². The van der Waals surface area contributed by atoms with Crippen LogP contribution in [0.15, 0.2) is 15.7 Å². The Kier molecular flexibility index (Phi) is 4.30. The Morgan fingerprint density at radius 2 is 2.43 bits per heavy atom. The minimum atomic E-state index is -0.305. The molecule has 1 atom stereocenters. The molecular weight excluding hydrogens is 308 g/mol. The van der Waals surface area contributed by atoms with Gasteiger partial charge in [0.2, 0.25) is 0 Å². The number of hydrogen-bond donors (Lipinski definition) is 0. The smallest absolute Gasteiger partial charge is 0.316 e. The molecule has 21 heavy (non-hydrogen) atoms. The quantitative estimate of drug-likeness (QED) is 0.636. The summed E-state index contributed by atoms with van der Waals surface area (Å²) >= 11 is 2.93. The van der Waals surface area contributed by atoms with Crippen LogP contribution in [0.1, 0.15) is 23.8 Å². The zero-order chi connectivity index (χ0) is 14.8. The fourth-order valence-corrected chi connectivity index (χ4v) is 4.08. The fourth-order valence-electron chi connectivity index (χ4n) is 2.36. The molecule has 0 bridgehead atoms. The van der Waals surface area contributed by atoms with E-state index in [0.29, 0.717) is 11.1 Å². The Morgan fingerprint density at radius 1 is 1.57 bits per heavy atom. The van der Waals surface area contributed by atoms with E-state index >= 15 is 0 Å². The lowest BCUT2D eigenvalue weighted by molar-refractivity contribution is -0.137. The lowest BCUT2D eigenvalue weighted by Gasteiger charge is -2.16. The van der Waals surface area contributed by atoms with Crippen LogP contribution in [0, 0.1) is 5.92 Å². The molecule has 0 unspecified atom stereocenters. The average molecular weight is 324 g/mol. The van der Waals surface area contributed by atoms with Crippen LogP contribution >= 0.6 is 23.1 Å². The highest BCUT2D eigenvalue weighted by molar-refractivity contribution is 7.99. The number of carbonyl (C=O) groups is 1. The third kappa shape index (κ3) is 3.29. The van der Waals surface area contributed by atoms with Gasteiger partial charge in [-0.15, -0.1) is 21.5 Å². The lowest BCUT2D eigenvalue weighted by atomic mass is 9.90. The Hall–Kier alpha value is -1.34. The van der Waals surface area contributed by atoms with Gasteiger partial charge in [0.25, 0.3) is 11.1 Å². The Labute approximate surface area is 131 Å². The van der Waals surface area contributed by atoms with Crippen LogP contribution in [0.5, 0.6) is 0 Å². The van der Waals surface area contributed by atoms with Crippen molar-refractivity contribution >= 4 is 29.1 Å². The molecule has 3 rings (SSSR count). The Bertz CT molecular complexity index is 650. The molecule has 0 aliphatic heterocycles. The minimum Gasteiger partial charge on any atom is -0.468 e. The van der Waals surface area contributed by atoms with Gasteiger partial charge >= 0.3 is 5.97 Å². The first-order chi connectivity index (χ1) is 10.2. The molecule has 2 aromatic heterocycles. The van der Waals surface area contributed by atoms with Gasteiger partial charge in [-0.1, -0.05) is 18.7 Å². The molecule has 2 heterocycles. The van der Waals surface area contributed by atoms with E-state index in [-0.39, 0.29) is 11.7 Å². The number of esters is 1. The van der Waals surface area contributed by atoms with E-state index in [1.807, 2.05) is 0 Å². The van der Waals surface area contributed by atoms with Gasteiger partial charge in [-0.25, -0.2) is 0 Å². The monoisotopic (exact) mass is 324 g/mol. The normalized spacial score (nSPS) is 17.5. The maximum atomic E-state index is 11.1. The van der Waals surface area contributed by atoms with E-state index in [2.05, 4.69) is 27.9 Å². The zero-order valence-corrected chi connectivity index (χ0v) is 13.6. The van der Waals surface area contributed by atoms with Gasteiger partial charge in [0.05, 0.1) is 12.0 Å². The van der Waals surface area contributed by atoms with Crippen molar-refractivity contribution < 1.29 is 13.9 Å². The molecule has 1 aliphatic rings. The van der Waals surface area contributed by atoms with Gasteiger partial charge in [0, 0.05) is 4.88 Å². The highest BCUT2D eigenvalue weighted by atomic mass is 32.2. The number of thioether (sulfide) groups is 1. The third-order valence-corrected chi connectivity index (χ3v) is 5.50. The molecule has 0 spiro atoms. The molecule has 0 N–H and O–H groups in total. The molecule has 0 fully saturated rings. The summed E-state index contributed by atoms with van der Waals surface area (Å²) in [4.78, 5) is 13.5. The van der Waals surface area contributed by atoms with Gasteiger partial charge in [-0.05, 0) is 36.8 Å². The number of aromatic nitrogens is 2. The molecule has 0 amide bonds. The molecule has 0 saturated carbocycles. The Balaban J connectivity index is 1.73. The van der Waals surface area contributed by atoms with Crippen LogP contribution < -0.4 is 0 Å². The number of methoxy groups -OCH3 is 1. The summed E-state index contributed by atoms with van der Waals surface area (Å²) in [5.74, 6) is 1.15. The van der Waals surface area contributed by atoms with E-state index in [4.69, 9.17) is 4.42 Å². The largest absolute Gasteiger partial charge is 0.468 e. The van der Waals surface area contributed by atoms with E-state index in [1.165, 1.54) is 35.7 Å². The predicted molar refractivity (Wildman–Crippen MR) is 81.5 cm³/mol. The Morgan fingerprint density at radius 3 is 3.24 bits per heavy atom. The second kappa shape index (κ2) is 6.19. The summed E-state index contributed by atoms with van der Waals surface area (Å²) in [6, 6.07) is 2.16. The average Bonchev–Trinajstić information content (AvgIpc) is 3.10. The number of hydrogen-bond acceptors (Lipinski definition) is 7. The van der Waals surface area contributed by atoms with Crippen molar-refractivity contribution in [2.45, 2.75) is 31.4 Å². The van der Waals surface area contributed by atoms with Crippen molar-refractivity contribution in [2.24, 2.45) is 5.92 Å². The van der Waals surface area contributed by atoms with Crippen LogP contribution in [0.25, 0.3) is 10.8 Å². The molecule has 112 valence electrons. The first kappa shape index (κ1) is 14.6. The van der Waals surface area contributed by atoms with E-state index in [1.54, 1.807) is 11.3 Å². The van der Waals surface area contributed by atoms with E-state index in [9.17, 15) is 4.79 Å².